The Morgan fingerprint density at radius 1 is 1.40 bits per heavy atom. The number of thiocarbonyl (C=S) groups is 1. The van der Waals surface area contributed by atoms with Crippen molar-refractivity contribution in [3.05, 3.63) is 28.5 Å². The number of imidazole rings is 1. The lowest BCUT2D eigenvalue weighted by Gasteiger charge is -2.02. The molecule has 0 amide bonds. The van der Waals surface area contributed by atoms with Gasteiger partial charge in [0.1, 0.15) is 0 Å². The summed E-state index contributed by atoms with van der Waals surface area (Å²) in [6, 6.07) is 3.47. The molecule has 2 rings (SSSR count). The molecule has 0 radical (unpaired) electrons. The summed E-state index contributed by atoms with van der Waals surface area (Å²) >= 11 is 16.6. The van der Waals surface area contributed by atoms with Crippen LogP contribution in [0.25, 0.3) is 11.0 Å². The van der Waals surface area contributed by atoms with Crippen LogP contribution in [0.3, 0.4) is 0 Å². The van der Waals surface area contributed by atoms with E-state index in [1.54, 1.807) is 18.5 Å². The molecular formula is C9H7Cl2N3S. The first-order valence-corrected chi connectivity index (χ1v) is 5.32. The van der Waals surface area contributed by atoms with Crippen molar-refractivity contribution in [1.82, 2.24) is 9.55 Å². The Morgan fingerprint density at radius 3 is 2.73 bits per heavy atom. The van der Waals surface area contributed by atoms with E-state index in [9.17, 15) is 0 Å². The molecule has 0 aliphatic rings. The van der Waals surface area contributed by atoms with Crippen molar-refractivity contribution in [2.24, 2.45) is 5.73 Å². The maximum Gasteiger partial charge on any atom is 0.0962 e. The van der Waals surface area contributed by atoms with Gasteiger partial charge >= 0.3 is 0 Å². The van der Waals surface area contributed by atoms with Crippen LogP contribution >= 0.6 is 35.4 Å². The van der Waals surface area contributed by atoms with Gasteiger partial charge in [-0.2, -0.15) is 0 Å². The lowest BCUT2D eigenvalue weighted by Crippen LogP contribution is -2.15. The standard InChI is InChI=1S/C9H7Cl2N3S/c10-5-1-7-8(2-6(5)11)14(4-13-7)3-9(12)15/h1-2,4H,3H2,(H2,12,15). The number of fused-ring (bicyclic) bond motifs is 1. The maximum absolute atomic E-state index is 5.92. The maximum atomic E-state index is 5.92. The Morgan fingerprint density at radius 2 is 2.07 bits per heavy atom. The molecule has 0 fully saturated rings. The Hall–Kier alpha value is -0.840. The van der Waals surface area contributed by atoms with Crippen molar-refractivity contribution in [2.75, 3.05) is 0 Å². The van der Waals surface area contributed by atoms with Crippen LogP contribution in [0, 0.1) is 0 Å². The average Bonchev–Trinajstić information content (AvgIpc) is 2.49. The fraction of sp³-hybridized carbons (Fsp3) is 0.111. The number of hydrogen-bond donors (Lipinski definition) is 1. The van der Waals surface area contributed by atoms with E-state index in [0.717, 1.165) is 11.0 Å². The molecule has 0 saturated heterocycles. The zero-order valence-electron chi connectivity index (χ0n) is 7.58. The van der Waals surface area contributed by atoms with Crippen LogP contribution in [0.2, 0.25) is 10.0 Å². The van der Waals surface area contributed by atoms with E-state index in [0.29, 0.717) is 21.6 Å². The van der Waals surface area contributed by atoms with Crippen LogP contribution in [-0.4, -0.2) is 14.5 Å². The molecule has 1 aromatic carbocycles. The smallest absolute Gasteiger partial charge is 0.0962 e. The fourth-order valence-corrected chi connectivity index (χ4v) is 1.80. The van der Waals surface area contributed by atoms with Gasteiger partial charge in [0.25, 0.3) is 0 Å². The largest absolute Gasteiger partial charge is 0.392 e. The molecule has 0 unspecified atom stereocenters. The van der Waals surface area contributed by atoms with Gasteiger partial charge in [-0.15, -0.1) is 0 Å². The van der Waals surface area contributed by atoms with Gasteiger partial charge in [-0.25, -0.2) is 4.98 Å². The van der Waals surface area contributed by atoms with Crippen LogP contribution in [0.4, 0.5) is 0 Å². The number of aromatic nitrogens is 2. The lowest BCUT2D eigenvalue weighted by atomic mass is 10.3. The molecule has 0 aliphatic carbocycles. The minimum absolute atomic E-state index is 0.403. The summed E-state index contributed by atoms with van der Waals surface area (Å²) in [5, 5.41) is 0.985. The second-order valence-corrected chi connectivity index (χ2v) is 4.43. The third kappa shape index (κ3) is 2.07. The first-order chi connectivity index (χ1) is 7.08. The summed E-state index contributed by atoms with van der Waals surface area (Å²) in [7, 11) is 0. The highest BCUT2D eigenvalue weighted by molar-refractivity contribution is 7.80. The van der Waals surface area contributed by atoms with Crippen LogP contribution in [0.15, 0.2) is 18.5 Å². The first-order valence-electron chi connectivity index (χ1n) is 4.16. The van der Waals surface area contributed by atoms with Gasteiger partial charge < -0.3 is 10.3 Å². The Balaban J connectivity index is 2.59. The number of hydrogen-bond acceptors (Lipinski definition) is 2. The highest BCUT2D eigenvalue weighted by Gasteiger charge is 2.07. The van der Waals surface area contributed by atoms with Gasteiger partial charge in [0.2, 0.25) is 0 Å². The van der Waals surface area contributed by atoms with Crippen molar-refractivity contribution in [3.63, 3.8) is 0 Å². The molecule has 6 heteroatoms. The Labute approximate surface area is 102 Å². The Bertz CT molecular complexity index is 535. The third-order valence-corrected chi connectivity index (χ3v) is 2.84. The molecule has 2 aromatic rings. The van der Waals surface area contributed by atoms with Gasteiger partial charge in [-0.3, -0.25) is 0 Å². The minimum Gasteiger partial charge on any atom is -0.392 e. The number of halogens is 2. The molecule has 0 atom stereocenters. The van der Waals surface area contributed by atoms with Crippen molar-refractivity contribution in [2.45, 2.75) is 6.54 Å². The van der Waals surface area contributed by atoms with Crippen LogP contribution in [0.1, 0.15) is 0 Å². The van der Waals surface area contributed by atoms with E-state index < -0.39 is 0 Å². The van der Waals surface area contributed by atoms with E-state index in [-0.39, 0.29) is 0 Å². The summed E-state index contributed by atoms with van der Waals surface area (Å²) < 4.78 is 1.83. The highest BCUT2D eigenvalue weighted by Crippen LogP contribution is 2.27. The van der Waals surface area contributed by atoms with Gasteiger partial charge in [0.15, 0.2) is 0 Å². The van der Waals surface area contributed by atoms with E-state index in [1.165, 1.54) is 0 Å². The molecule has 1 heterocycles. The highest BCUT2D eigenvalue weighted by atomic mass is 35.5. The monoisotopic (exact) mass is 259 g/mol. The summed E-state index contributed by atoms with van der Waals surface area (Å²) in [6.45, 7) is 0.448. The van der Waals surface area contributed by atoms with Crippen molar-refractivity contribution < 1.29 is 0 Å². The molecule has 0 spiro atoms. The number of benzene rings is 1. The quantitative estimate of drug-likeness (QED) is 0.844. The predicted molar refractivity (Wildman–Crippen MR) is 66.5 cm³/mol. The van der Waals surface area contributed by atoms with Crippen molar-refractivity contribution >= 4 is 51.4 Å². The molecule has 78 valence electrons. The molecular weight excluding hydrogens is 253 g/mol. The van der Waals surface area contributed by atoms with E-state index in [4.69, 9.17) is 41.2 Å². The molecule has 0 bridgehead atoms. The normalized spacial score (nSPS) is 10.8. The van der Waals surface area contributed by atoms with Crippen molar-refractivity contribution in [1.29, 1.82) is 0 Å². The molecule has 3 nitrogen and oxygen atoms in total. The predicted octanol–water partition coefficient (Wildman–Crippen LogP) is 2.63. The molecule has 1 aromatic heterocycles. The third-order valence-electron chi connectivity index (χ3n) is 1.99. The summed E-state index contributed by atoms with van der Waals surface area (Å²) in [5.41, 5.74) is 7.12. The summed E-state index contributed by atoms with van der Waals surface area (Å²) in [5.74, 6) is 0. The first kappa shape index (κ1) is 10.7. The molecule has 15 heavy (non-hydrogen) atoms. The molecule has 0 saturated carbocycles. The lowest BCUT2D eigenvalue weighted by molar-refractivity contribution is 0.884. The summed E-state index contributed by atoms with van der Waals surface area (Å²) in [6.07, 6.45) is 1.66. The molecule has 2 N–H and O–H groups in total. The number of rotatable bonds is 2. The zero-order valence-corrected chi connectivity index (χ0v) is 9.90. The van der Waals surface area contributed by atoms with E-state index in [2.05, 4.69) is 4.98 Å². The van der Waals surface area contributed by atoms with E-state index in [1.807, 2.05) is 4.57 Å². The van der Waals surface area contributed by atoms with Gasteiger partial charge in [0.05, 0.1) is 38.9 Å². The van der Waals surface area contributed by atoms with Crippen LogP contribution in [-0.2, 0) is 6.54 Å². The fourth-order valence-electron chi connectivity index (χ4n) is 1.35. The SMILES string of the molecule is NC(=S)Cn1cnc2cc(Cl)c(Cl)cc21. The van der Waals surface area contributed by atoms with Crippen LogP contribution in [0.5, 0.6) is 0 Å². The Kier molecular flexibility index (Phi) is 2.82. The average molecular weight is 260 g/mol. The van der Waals surface area contributed by atoms with Gasteiger partial charge in [-0.1, -0.05) is 35.4 Å². The van der Waals surface area contributed by atoms with E-state index >= 15 is 0 Å². The second-order valence-electron chi connectivity index (χ2n) is 3.09. The molecule has 0 aliphatic heterocycles. The van der Waals surface area contributed by atoms with Crippen LogP contribution < -0.4 is 5.73 Å². The van der Waals surface area contributed by atoms with Gasteiger partial charge in [0, 0.05) is 0 Å². The second kappa shape index (κ2) is 3.96. The minimum atomic E-state index is 0.403. The number of nitrogens with two attached hydrogens (primary N) is 1. The number of nitrogens with zero attached hydrogens (tertiary/aromatic N) is 2. The zero-order chi connectivity index (χ0) is 11.0. The topological polar surface area (TPSA) is 43.8 Å². The van der Waals surface area contributed by atoms with Gasteiger partial charge in [-0.05, 0) is 12.1 Å². The summed E-state index contributed by atoms with van der Waals surface area (Å²) in [4.78, 5) is 4.58. The van der Waals surface area contributed by atoms with Crippen molar-refractivity contribution in [3.8, 4) is 0 Å².